The molecule has 2 aromatic heterocycles. The summed E-state index contributed by atoms with van der Waals surface area (Å²) in [6.07, 6.45) is 5.50. The van der Waals surface area contributed by atoms with Gasteiger partial charge in [0.05, 0.1) is 6.33 Å². The highest BCUT2D eigenvalue weighted by atomic mass is 32.1. The number of nitrogens with zero attached hydrogens (tertiary/aromatic N) is 3. The number of fused-ring (bicyclic) bond motifs is 1. The Balaban J connectivity index is 1.66. The highest BCUT2D eigenvalue weighted by Crippen LogP contribution is 2.15. The van der Waals surface area contributed by atoms with Crippen LogP contribution in [-0.2, 0) is 13.0 Å². The normalized spacial score (nSPS) is 18.4. The lowest BCUT2D eigenvalue weighted by Crippen LogP contribution is -2.40. The van der Waals surface area contributed by atoms with E-state index in [1.54, 1.807) is 0 Å². The summed E-state index contributed by atoms with van der Waals surface area (Å²) in [6, 6.07) is 2.01. The van der Waals surface area contributed by atoms with Crippen LogP contribution in [0.3, 0.4) is 0 Å². The molecule has 0 aromatic carbocycles. The SMILES string of the molecule is Cc1cc(C(=O)NC2CCn3cncc3C2)ns1. The monoisotopic (exact) mass is 262 g/mol. The van der Waals surface area contributed by atoms with E-state index in [1.807, 2.05) is 25.5 Å². The Kier molecular flexibility index (Phi) is 2.87. The number of aromatic nitrogens is 3. The average Bonchev–Trinajstić information content (AvgIpc) is 2.96. The third-order valence-electron chi connectivity index (χ3n) is 3.17. The van der Waals surface area contributed by atoms with Gasteiger partial charge in [-0.2, -0.15) is 4.37 Å². The number of imidazole rings is 1. The van der Waals surface area contributed by atoms with Gasteiger partial charge in [-0.3, -0.25) is 4.79 Å². The molecule has 1 N–H and O–H groups in total. The Labute approximate surface area is 109 Å². The zero-order valence-electron chi connectivity index (χ0n) is 10.1. The number of nitrogens with one attached hydrogen (secondary N) is 1. The van der Waals surface area contributed by atoms with Gasteiger partial charge in [-0.1, -0.05) is 0 Å². The maximum atomic E-state index is 12.0. The van der Waals surface area contributed by atoms with Gasteiger partial charge in [0.2, 0.25) is 0 Å². The molecule has 18 heavy (non-hydrogen) atoms. The lowest BCUT2D eigenvalue weighted by molar-refractivity contribution is 0.0927. The first-order chi connectivity index (χ1) is 8.72. The van der Waals surface area contributed by atoms with Gasteiger partial charge < -0.3 is 9.88 Å². The molecule has 5 nitrogen and oxygen atoms in total. The molecular weight excluding hydrogens is 248 g/mol. The van der Waals surface area contributed by atoms with Crippen LogP contribution in [0.1, 0.15) is 27.5 Å². The van der Waals surface area contributed by atoms with Crippen LogP contribution in [0.25, 0.3) is 0 Å². The van der Waals surface area contributed by atoms with Gasteiger partial charge in [0.25, 0.3) is 5.91 Å². The molecule has 0 saturated heterocycles. The number of hydrogen-bond donors (Lipinski definition) is 1. The number of aryl methyl sites for hydroxylation is 2. The minimum atomic E-state index is -0.0719. The number of carbonyl (C=O) groups excluding carboxylic acids is 1. The lowest BCUT2D eigenvalue weighted by atomic mass is 10.0. The molecule has 1 aliphatic rings. The van der Waals surface area contributed by atoms with Crippen LogP contribution >= 0.6 is 11.5 Å². The summed E-state index contributed by atoms with van der Waals surface area (Å²) in [4.78, 5) is 17.2. The van der Waals surface area contributed by atoms with Crippen molar-refractivity contribution in [2.24, 2.45) is 0 Å². The molecule has 2 aromatic rings. The summed E-state index contributed by atoms with van der Waals surface area (Å²) in [7, 11) is 0. The van der Waals surface area contributed by atoms with Crippen LogP contribution in [0.2, 0.25) is 0 Å². The largest absolute Gasteiger partial charge is 0.347 e. The van der Waals surface area contributed by atoms with E-state index >= 15 is 0 Å². The molecule has 1 amide bonds. The molecule has 0 bridgehead atoms. The molecule has 0 aliphatic carbocycles. The van der Waals surface area contributed by atoms with E-state index in [0.717, 1.165) is 24.3 Å². The second-order valence-electron chi connectivity index (χ2n) is 4.56. The van der Waals surface area contributed by atoms with Crippen LogP contribution in [0.4, 0.5) is 0 Å². The lowest BCUT2D eigenvalue weighted by Gasteiger charge is -2.24. The van der Waals surface area contributed by atoms with Gasteiger partial charge in [-0.25, -0.2) is 4.98 Å². The van der Waals surface area contributed by atoms with Crippen molar-refractivity contribution < 1.29 is 4.79 Å². The third kappa shape index (κ3) is 2.15. The minimum Gasteiger partial charge on any atom is -0.347 e. The first kappa shape index (κ1) is 11.4. The minimum absolute atomic E-state index is 0.0719. The fourth-order valence-electron chi connectivity index (χ4n) is 2.22. The molecule has 1 unspecified atom stereocenters. The predicted molar refractivity (Wildman–Crippen MR) is 68.7 cm³/mol. The molecule has 0 saturated carbocycles. The zero-order chi connectivity index (χ0) is 12.5. The summed E-state index contributed by atoms with van der Waals surface area (Å²) in [5.74, 6) is -0.0719. The maximum absolute atomic E-state index is 12.0. The second kappa shape index (κ2) is 4.53. The number of carbonyl (C=O) groups is 1. The van der Waals surface area contributed by atoms with E-state index in [0.29, 0.717) is 5.69 Å². The van der Waals surface area contributed by atoms with E-state index < -0.39 is 0 Å². The third-order valence-corrected chi connectivity index (χ3v) is 3.86. The average molecular weight is 262 g/mol. The van der Waals surface area contributed by atoms with Gasteiger partial charge in [0.15, 0.2) is 0 Å². The molecule has 0 fully saturated rings. The topological polar surface area (TPSA) is 59.8 Å². The van der Waals surface area contributed by atoms with E-state index in [9.17, 15) is 4.79 Å². The van der Waals surface area contributed by atoms with Gasteiger partial charge in [-0.15, -0.1) is 0 Å². The molecule has 1 aliphatic heterocycles. The van der Waals surface area contributed by atoms with Crippen LogP contribution < -0.4 is 5.32 Å². The molecule has 3 heterocycles. The Morgan fingerprint density at radius 3 is 3.28 bits per heavy atom. The molecular formula is C12H14N4OS. The number of amides is 1. The summed E-state index contributed by atoms with van der Waals surface area (Å²) in [5.41, 5.74) is 1.71. The fraction of sp³-hybridized carbons (Fsp3) is 0.417. The Bertz CT molecular complexity index is 574. The van der Waals surface area contributed by atoms with E-state index in [-0.39, 0.29) is 11.9 Å². The van der Waals surface area contributed by atoms with Crippen molar-refractivity contribution >= 4 is 17.4 Å². The number of rotatable bonds is 2. The van der Waals surface area contributed by atoms with Crippen LogP contribution in [0.5, 0.6) is 0 Å². The molecule has 1 atom stereocenters. The van der Waals surface area contributed by atoms with Crippen molar-refractivity contribution in [3.05, 3.63) is 34.9 Å². The summed E-state index contributed by atoms with van der Waals surface area (Å²) >= 11 is 1.36. The molecule has 6 heteroatoms. The molecule has 0 radical (unpaired) electrons. The molecule has 3 rings (SSSR count). The zero-order valence-corrected chi connectivity index (χ0v) is 10.9. The van der Waals surface area contributed by atoms with Crippen LogP contribution in [0.15, 0.2) is 18.6 Å². The van der Waals surface area contributed by atoms with Crippen molar-refractivity contribution in [2.45, 2.75) is 32.4 Å². The standard InChI is InChI=1S/C12H14N4OS/c1-8-4-11(15-18-8)12(17)14-9-2-3-16-7-13-6-10(16)5-9/h4,6-7,9H,2-3,5H2,1H3,(H,14,17). The molecule has 94 valence electrons. The van der Waals surface area contributed by atoms with Crippen LogP contribution in [0, 0.1) is 6.92 Å². The Morgan fingerprint density at radius 1 is 1.61 bits per heavy atom. The van der Waals surface area contributed by atoms with Crippen molar-refractivity contribution in [3.8, 4) is 0 Å². The quantitative estimate of drug-likeness (QED) is 0.889. The maximum Gasteiger partial charge on any atom is 0.271 e. The highest BCUT2D eigenvalue weighted by molar-refractivity contribution is 7.05. The first-order valence-electron chi connectivity index (χ1n) is 5.95. The van der Waals surface area contributed by atoms with Crippen molar-refractivity contribution in [2.75, 3.05) is 0 Å². The Morgan fingerprint density at radius 2 is 2.50 bits per heavy atom. The second-order valence-corrected chi connectivity index (χ2v) is 5.57. The Hall–Kier alpha value is -1.69. The number of hydrogen-bond acceptors (Lipinski definition) is 4. The van der Waals surface area contributed by atoms with E-state index in [1.165, 1.54) is 17.2 Å². The van der Waals surface area contributed by atoms with Gasteiger partial charge in [0.1, 0.15) is 5.69 Å². The summed E-state index contributed by atoms with van der Waals surface area (Å²) in [6.45, 7) is 2.87. The smallest absolute Gasteiger partial charge is 0.271 e. The van der Waals surface area contributed by atoms with Crippen molar-refractivity contribution in [1.29, 1.82) is 0 Å². The van der Waals surface area contributed by atoms with Crippen molar-refractivity contribution in [3.63, 3.8) is 0 Å². The van der Waals surface area contributed by atoms with Gasteiger partial charge >= 0.3 is 0 Å². The predicted octanol–water partition coefficient (Wildman–Crippen LogP) is 1.39. The summed E-state index contributed by atoms with van der Waals surface area (Å²) < 4.78 is 6.26. The van der Waals surface area contributed by atoms with Crippen LogP contribution in [-0.4, -0.2) is 25.9 Å². The highest BCUT2D eigenvalue weighted by Gasteiger charge is 2.21. The van der Waals surface area contributed by atoms with Crippen molar-refractivity contribution in [1.82, 2.24) is 19.2 Å². The molecule has 0 spiro atoms. The van der Waals surface area contributed by atoms with Gasteiger partial charge in [0, 0.05) is 35.8 Å². The van der Waals surface area contributed by atoms with E-state index in [4.69, 9.17) is 0 Å². The fourth-order valence-corrected chi connectivity index (χ4v) is 2.77. The summed E-state index contributed by atoms with van der Waals surface area (Å²) in [5, 5.41) is 3.04. The van der Waals surface area contributed by atoms with Gasteiger partial charge in [-0.05, 0) is 30.9 Å². The first-order valence-corrected chi connectivity index (χ1v) is 6.73. The van der Waals surface area contributed by atoms with E-state index in [2.05, 4.69) is 19.2 Å².